The first-order valence-corrected chi connectivity index (χ1v) is 6.54. The van der Waals surface area contributed by atoms with E-state index in [-0.39, 0.29) is 11.6 Å². The molecule has 2 aromatic heterocycles. The molecule has 0 amide bonds. The second-order valence-corrected chi connectivity index (χ2v) is 4.92. The number of piperidine rings is 1. The van der Waals surface area contributed by atoms with Gasteiger partial charge in [-0.25, -0.2) is 8.78 Å². The van der Waals surface area contributed by atoms with E-state index in [1.165, 1.54) is 0 Å². The van der Waals surface area contributed by atoms with Crippen LogP contribution in [0.15, 0.2) is 12.1 Å². The van der Waals surface area contributed by atoms with Crippen LogP contribution in [0.3, 0.4) is 0 Å². The number of rotatable bonds is 3. The SMILES string of the molecule is O=C(O)C1CCN(c2ccc3nnc(C(F)F)n3n2)CC1. The van der Waals surface area contributed by atoms with Gasteiger partial charge in [-0.1, -0.05) is 0 Å². The lowest BCUT2D eigenvalue weighted by atomic mass is 9.97. The van der Waals surface area contributed by atoms with Gasteiger partial charge in [0, 0.05) is 13.1 Å². The highest BCUT2D eigenvalue weighted by Crippen LogP contribution is 2.23. The molecule has 21 heavy (non-hydrogen) atoms. The molecule has 0 spiro atoms. The van der Waals surface area contributed by atoms with Gasteiger partial charge >= 0.3 is 5.97 Å². The van der Waals surface area contributed by atoms with Crippen molar-refractivity contribution >= 4 is 17.4 Å². The number of alkyl halides is 2. The minimum Gasteiger partial charge on any atom is -0.481 e. The number of carboxylic acids is 1. The van der Waals surface area contributed by atoms with E-state index in [1.807, 2.05) is 4.90 Å². The Labute approximate surface area is 118 Å². The highest BCUT2D eigenvalue weighted by Gasteiger charge is 2.26. The third kappa shape index (κ3) is 2.50. The van der Waals surface area contributed by atoms with Gasteiger partial charge in [-0.15, -0.1) is 15.3 Å². The molecule has 3 heterocycles. The zero-order chi connectivity index (χ0) is 15.0. The summed E-state index contributed by atoms with van der Waals surface area (Å²) in [7, 11) is 0. The molecule has 1 aliphatic rings. The summed E-state index contributed by atoms with van der Waals surface area (Å²) in [4.78, 5) is 12.8. The van der Waals surface area contributed by atoms with E-state index in [0.29, 0.717) is 31.7 Å². The normalized spacial score (nSPS) is 16.8. The predicted molar refractivity (Wildman–Crippen MR) is 68.3 cm³/mol. The number of carbonyl (C=O) groups is 1. The Morgan fingerprint density at radius 3 is 2.62 bits per heavy atom. The van der Waals surface area contributed by atoms with Crippen LogP contribution in [0.2, 0.25) is 0 Å². The standard InChI is InChI=1S/C12H13F2N5O2/c13-10(14)11-16-15-8-1-2-9(17-19(8)11)18-5-3-7(4-6-18)12(20)21/h1-2,7,10H,3-6H2,(H,20,21). The van der Waals surface area contributed by atoms with Gasteiger partial charge in [0.25, 0.3) is 6.43 Å². The lowest BCUT2D eigenvalue weighted by Crippen LogP contribution is -2.37. The Hall–Kier alpha value is -2.32. The molecule has 0 saturated carbocycles. The van der Waals surface area contributed by atoms with E-state index in [4.69, 9.17) is 5.11 Å². The monoisotopic (exact) mass is 297 g/mol. The van der Waals surface area contributed by atoms with Crippen LogP contribution in [0, 0.1) is 5.92 Å². The summed E-state index contributed by atoms with van der Waals surface area (Å²) < 4.78 is 26.6. The molecule has 112 valence electrons. The molecule has 0 aliphatic carbocycles. The summed E-state index contributed by atoms with van der Waals surface area (Å²) in [5.74, 6) is -1.12. The van der Waals surface area contributed by atoms with Crippen molar-refractivity contribution in [2.75, 3.05) is 18.0 Å². The molecule has 0 radical (unpaired) electrons. The summed E-state index contributed by atoms with van der Waals surface area (Å²) in [6, 6.07) is 3.25. The Morgan fingerprint density at radius 1 is 1.29 bits per heavy atom. The number of anilines is 1. The summed E-state index contributed by atoms with van der Waals surface area (Å²) in [5.41, 5.74) is 0.259. The fourth-order valence-corrected chi connectivity index (χ4v) is 2.46. The van der Waals surface area contributed by atoms with Crippen LogP contribution < -0.4 is 4.90 Å². The van der Waals surface area contributed by atoms with Crippen molar-refractivity contribution in [3.8, 4) is 0 Å². The smallest absolute Gasteiger partial charge is 0.306 e. The topological polar surface area (TPSA) is 83.6 Å². The van der Waals surface area contributed by atoms with Crippen molar-refractivity contribution in [2.45, 2.75) is 19.3 Å². The largest absolute Gasteiger partial charge is 0.481 e. The molecule has 1 fully saturated rings. The van der Waals surface area contributed by atoms with Gasteiger partial charge in [-0.2, -0.15) is 4.52 Å². The van der Waals surface area contributed by atoms with Crippen LogP contribution in [-0.2, 0) is 4.79 Å². The molecular weight excluding hydrogens is 284 g/mol. The van der Waals surface area contributed by atoms with Crippen molar-refractivity contribution in [1.29, 1.82) is 0 Å². The van der Waals surface area contributed by atoms with Gasteiger partial charge in [-0.05, 0) is 25.0 Å². The fourth-order valence-electron chi connectivity index (χ4n) is 2.46. The van der Waals surface area contributed by atoms with Crippen LogP contribution in [0.5, 0.6) is 0 Å². The van der Waals surface area contributed by atoms with E-state index >= 15 is 0 Å². The third-order valence-corrected chi connectivity index (χ3v) is 3.64. The van der Waals surface area contributed by atoms with Gasteiger partial charge in [0.1, 0.15) is 5.82 Å². The summed E-state index contributed by atoms with van der Waals surface area (Å²) >= 11 is 0. The number of hydrogen-bond acceptors (Lipinski definition) is 5. The number of aromatic nitrogens is 4. The lowest BCUT2D eigenvalue weighted by Gasteiger charge is -2.30. The summed E-state index contributed by atoms with van der Waals surface area (Å²) in [6.45, 7) is 1.06. The van der Waals surface area contributed by atoms with E-state index in [2.05, 4.69) is 15.3 Å². The number of halogens is 2. The van der Waals surface area contributed by atoms with Crippen molar-refractivity contribution in [1.82, 2.24) is 19.8 Å². The quantitative estimate of drug-likeness (QED) is 0.921. The third-order valence-electron chi connectivity index (χ3n) is 3.64. The van der Waals surface area contributed by atoms with Crippen molar-refractivity contribution in [2.24, 2.45) is 5.92 Å². The molecular formula is C12H13F2N5O2. The first kappa shape index (κ1) is 13.7. The Kier molecular flexibility index (Phi) is 3.40. The first-order chi connectivity index (χ1) is 10.1. The highest BCUT2D eigenvalue weighted by atomic mass is 19.3. The maximum absolute atomic E-state index is 12.8. The highest BCUT2D eigenvalue weighted by molar-refractivity contribution is 5.70. The van der Waals surface area contributed by atoms with Crippen LogP contribution in [-0.4, -0.2) is 44.0 Å². The second-order valence-electron chi connectivity index (χ2n) is 4.92. The van der Waals surface area contributed by atoms with E-state index in [0.717, 1.165) is 4.52 Å². The van der Waals surface area contributed by atoms with E-state index in [9.17, 15) is 13.6 Å². The molecule has 2 aromatic rings. The molecule has 0 aromatic carbocycles. The second kappa shape index (κ2) is 5.23. The first-order valence-electron chi connectivity index (χ1n) is 6.54. The maximum Gasteiger partial charge on any atom is 0.306 e. The average molecular weight is 297 g/mol. The van der Waals surface area contributed by atoms with Gasteiger partial charge in [0.15, 0.2) is 5.65 Å². The minimum atomic E-state index is -2.75. The van der Waals surface area contributed by atoms with Crippen molar-refractivity contribution in [3.05, 3.63) is 18.0 Å². The number of aliphatic carboxylic acids is 1. The van der Waals surface area contributed by atoms with Crippen LogP contribution >= 0.6 is 0 Å². The Balaban J connectivity index is 1.84. The van der Waals surface area contributed by atoms with Crippen molar-refractivity contribution < 1.29 is 18.7 Å². The molecule has 7 nitrogen and oxygen atoms in total. The predicted octanol–water partition coefficient (Wildman–Crippen LogP) is 1.36. The maximum atomic E-state index is 12.8. The lowest BCUT2D eigenvalue weighted by molar-refractivity contribution is -0.142. The molecule has 1 saturated heterocycles. The van der Waals surface area contributed by atoms with E-state index < -0.39 is 18.2 Å². The number of hydrogen-bond donors (Lipinski definition) is 1. The summed E-state index contributed by atoms with van der Waals surface area (Å²) in [6.07, 6.45) is -1.72. The fraction of sp³-hybridized carbons (Fsp3) is 0.500. The number of carboxylic acid groups (broad SMARTS) is 1. The van der Waals surface area contributed by atoms with Crippen LogP contribution in [0.1, 0.15) is 25.1 Å². The average Bonchev–Trinajstić information content (AvgIpc) is 2.90. The Bertz CT molecular complexity index is 667. The van der Waals surface area contributed by atoms with Crippen molar-refractivity contribution in [3.63, 3.8) is 0 Å². The van der Waals surface area contributed by atoms with E-state index in [1.54, 1.807) is 12.1 Å². The molecule has 0 bridgehead atoms. The van der Waals surface area contributed by atoms with Crippen LogP contribution in [0.4, 0.5) is 14.6 Å². The number of fused-ring (bicyclic) bond motifs is 1. The molecule has 1 aliphatic heterocycles. The van der Waals surface area contributed by atoms with Gasteiger partial charge < -0.3 is 10.0 Å². The molecule has 1 N–H and O–H groups in total. The zero-order valence-corrected chi connectivity index (χ0v) is 11.0. The van der Waals surface area contributed by atoms with Crippen LogP contribution in [0.25, 0.3) is 5.65 Å². The van der Waals surface area contributed by atoms with Gasteiger partial charge in [-0.3, -0.25) is 4.79 Å². The minimum absolute atomic E-state index is 0.259. The molecule has 3 rings (SSSR count). The number of nitrogens with zero attached hydrogens (tertiary/aromatic N) is 5. The molecule has 0 atom stereocenters. The zero-order valence-electron chi connectivity index (χ0n) is 11.0. The summed E-state index contributed by atoms with van der Waals surface area (Å²) in [5, 5.41) is 20.2. The van der Waals surface area contributed by atoms with Gasteiger partial charge in [0.05, 0.1) is 5.92 Å². The Morgan fingerprint density at radius 2 is 2.00 bits per heavy atom. The molecule has 9 heteroatoms. The molecule has 0 unspecified atom stereocenters. The van der Waals surface area contributed by atoms with Gasteiger partial charge in [0.2, 0.25) is 5.82 Å².